The Hall–Kier alpha value is -2.88. The molecule has 0 aliphatic rings. The van der Waals surface area contributed by atoms with Gasteiger partial charge in [0, 0.05) is 11.6 Å². The maximum Gasteiger partial charge on any atom is 0.347 e. The van der Waals surface area contributed by atoms with Gasteiger partial charge in [-0.3, -0.25) is 4.98 Å². The molecular weight excluding hydrogens is 254 g/mol. The molecule has 1 N–H and O–H groups in total. The first kappa shape index (κ1) is 12.2. The van der Waals surface area contributed by atoms with Crippen LogP contribution >= 0.6 is 0 Å². The van der Waals surface area contributed by atoms with Crippen LogP contribution in [0.3, 0.4) is 0 Å². The lowest BCUT2D eigenvalue weighted by Gasteiger charge is -2.07. The third kappa shape index (κ3) is 2.19. The molecule has 4 heteroatoms. The number of pyridine rings is 1. The first-order valence-corrected chi connectivity index (χ1v) is 6.09. The van der Waals surface area contributed by atoms with Crippen LogP contribution in [0.2, 0.25) is 0 Å². The van der Waals surface area contributed by atoms with Crippen LogP contribution in [0.1, 0.15) is 10.4 Å². The van der Waals surface area contributed by atoms with Crippen molar-refractivity contribution in [1.82, 2.24) is 4.98 Å². The third-order valence-corrected chi connectivity index (χ3v) is 2.93. The molecule has 2 aromatic carbocycles. The Morgan fingerprint density at radius 1 is 1.00 bits per heavy atom. The summed E-state index contributed by atoms with van der Waals surface area (Å²) in [5, 5.41) is 10.7. The molecule has 98 valence electrons. The molecule has 1 heterocycles. The first-order chi connectivity index (χ1) is 9.75. The van der Waals surface area contributed by atoms with Gasteiger partial charge in [0.1, 0.15) is 17.1 Å². The van der Waals surface area contributed by atoms with Gasteiger partial charge in [0.05, 0.1) is 5.52 Å². The first-order valence-electron chi connectivity index (χ1n) is 6.09. The normalized spacial score (nSPS) is 10.4. The lowest BCUT2D eigenvalue weighted by atomic mass is 10.1. The molecule has 1 aromatic heterocycles. The predicted molar refractivity (Wildman–Crippen MR) is 74.8 cm³/mol. The zero-order chi connectivity index (χ0) is 13.9. The van der Waals surface area contributed by atoms with E-state index in [0.717, 1.165) is 0 Å². The van der Waals surface area contributed by atoms with Crippen LogP contribution in [0.4, 0.5) is 0 Å². The highest BCUT2D eigenvalue weighted by molar-refractivity contribution is 6.00. The third-order valence-electron chi connectivity index (χ3n) is 2.93. The Balaban J connectivity index is 1.98. The van der Waals surface area contributed by atoms with Crippen LogP contribution in [-0.4, -0.2) is 16.1 Å². The van der Waals surface area contributed by atoms with E-state index in [-0.39, 0.29) is 11.3 Å². The van der Waals surface area contributed by atoms with E-state index in [4.69, 9.17) is 4.74 Å². The van der Waals surface area contributed by atoms with Gasteiger partial charge < -0.3 is 9.84 Å². The molecule has 0 unspecified atom stereocenters. The predicted octanol–water partition coefficient (Wildman–Crippen LogP) is 3.16. The molecule has 20 heavy (non-hydrogen) atoms. The van der Waals surface area contributed by atoms with Gasteiger partial charge in [0.25, 0.3) is 0 Å². The minimum atomic E-state index is -0.598. The molecular formula is C16H11NO3. The number of hydrogen-bond acceptors (Lipinski definition) is 4. The van der Waals surface area contributed by atoms with Crippen molar-refractivity contribution in [1.29, 1.82) is 0 Å². The summed E-state index contributed by atoms with van der Waals surface area (Å²) >= 11 is 0. The number of phenols is 1. The van der Waals surface area contributed by atoms with Gasteiger partial charge >= 0.3 is 5.97 Å². The molecule has 0 aliphatic carbocycles. The van der Waals surface area contributed by atoms with Crippen LogP contribution < -0.4 is 4.74 Å². The number of rotatable bonds is 2. The highest BCUT2D eigenvalue weighted by Gasteiger charge is 2.16. The molecule has 3 rings (SSSR count). The number of phenolic OH excluding ortho intramolecular Hbond substituents is 1. The maximum absolute atomic E-state index is 12.1. The minimum absolute atomic E-state index is 0.114. The molecule has 0 radical (unpaired) electrons. The smallest absolute Gasteiger partial charge is 0.347 e. The molecule has 3 aromatic rings. The van der Waals surface area contributed by atoms with Gasteiger partial charge in [-0.2, -0.15) is 0 Å². The standard InChI is InChI=1S/C16H11NO3/c18-15-12-7-4-10-17-14(12)9-8-13(15)16(19)20-11-5-2-1-3-6-11/h1-10,18H. The molecule has 0 aliphatic heterocycles. The van der Waals surface area contributed by atoms with Crippen LogP contribution in [-0.2, 0) is 0 Å². The fourth-order valence-corrected chi connectivity index (χ4v) is 1.95. The molecule has 0 saturated carbocycles. The van der Waals surface area contributed by atoms with Gasteiger partial charge in [-0.15, -0.1) is 0 Å². The summed E-state index contributed by atoms with van der Waals surface area (Å²) in [6.07, 6.45) is 1.63. The van der Waals surface area contributed by atoms with E-state index in [9.17, 15) is 9.90 Å². The van der Waals surface area contributed by atoms with Gasteiger partial charge in [0.2, 0.25) is 0 Å². The van der Waals surface area contributed by atoms with Crippen molar-refractivity contribution in [2.24, 2.45) is 0 Å². The fourth-order valence-electron chi connectivity index (χ4n) is 1.95. The maximum atomic E-state index is 12.1. The van der Waals surface area contributed by atoms with E-state index in [1.54, 1.807) is 48.7 Å². The monoisotopic (exact) mass is 265 g/mol. The second kappa shape index (κ2) is 5.01. The number of esters is 1. The Labute approximate surface area is 115 Å². The van der Waals surface area contributed by atoms with Crippen LogP contribution in [0.25, 0.3) is 10.9 Å². The molecule has 0 bridgehead atoms. The summed E-state index contributed by atoms with van der Waals surface area (Å²) in [5.74, 6) is -0.279. The van der Waals surface area contributed by atoms with Crippen molar-refractivity contribution in [2.45, 2.75) is 0 Å². The molecule has 0 amide bonds. The average Bonchev–Trinajstić information content (AvgIpc) is 2.49. The lowest BCUT2D eigenvalue weighted by molar-refractivity contribution is 0.0732. The Morgan fingerprint density at radius 3 is 2.60 bits per heavy atom. The van der Waals surface area contributed by atoms with Crippen LogP contribution in [0.15, 0.2) is 60.8 Å². The summed E-state index contributed by atoms with van der Waals surface area (Å²) in [7, 11) is 0. The number of carbonyl (C=O) groups is 1. The number of aromatic nitrogens is 1. The van der Waals surface area contributed by atoms with Crippen molar-refractivity contribution in [3.8, 4) is 11.5 Å². The Kier molecular flexibility index (Phi) is 3.05. The SMILES string of the molecule is O=C(Oc1ccccc1)c1ccc2ncccc2c1O. The largest absolute Gasteiger partial charge is 0.506 e. The highest BCUT2D eigenvalue weighted by Crippen LogP contribution is 2.28. The van der Waals surface area contributed by atoms with Crippen LogP contribution in [0.5, 0.6) is 11.5 Å². The average molecular weight is 265 g/mol. The second-order valence-corrected chi connectivity index (χ2v) is 4.23. The van der Waals surface area contributed by atoms with Gasteiger partial charge in [-0.25, -0.2) is 4.79 Å². The van der Waals surface area contributed by atoms with Crippen molar-refractivity contribution >= 4 is 16.9 Å². The molecule has 4 nitrogen and oxygen atoms in total. The Morgan fingerprint density at radius 2 is 1.80 bits per heavy atom. The van der Waals surface area contributed by atoms with Crippen molar-refractivity contribution in [2.75, 3.05) is 0 Å². The summed E-state index contributed by atoms with van der Waals surface area (Å²) in [6.45, 7) is 0. The van der Waals surface area contributed by atoms with E-state index in [1.165, 1.54) is 6.07 Å². The summed E-state index contributed by atoms with van der Waals surface area (Å²) in [6, 6.07) is 15.3. The number of hydrogen-bond donors (Lipinski definition) is 1. The van der Waals surface area contributed by atoms with E-state index in [2.05, 4.69) is 4.98 Å². The highest BCUT2D eigenvalue weighted by atomic mass is 16.5. The van der Waals surface area contributed by atoms with Crippen molar-refractivity contribution < 1.29 is 14.6 Å². The minimum Gasteiger partial charge on any atom is -0.506 e. The zero-order valence-electron chi connectivity index (χ0n) is 10.5. The van der Waals surface area contributed by atoms with E-state index in [1.807, 2.05) is 6.07 Å². The quantitative estimate of drug-likeness (QED) is 0.571. The zero-order valence-corrected chi connectivity index (χ0v) is 10.5. The van der Waals surface area contributed by atoms with Crippen molar-refractivity contribution in [3.05, 3.63) is 66.4 Å². The van der Waals surface area contributed by atoms with Gasteiger partial charge in [0.15, 0.2) is 0 Å². The van der Waals surface area contributed by atoms with E-state index >= 15 is 0 Å². The lowest BCUT2D eigenvalue weighted by Crippen LogP contribution is -2.08. The number of aromatic hydroxyl groups is 1. The number of benzene rings is 2. The van der Waals surface area contributed by atoms with Gasteiger partial charge in [-0.1, -0.05) is 18.2 Å². The fraction of sp³-hybridized carbons (Fsp3) is 0. The number of carbonyl (C=O) groups excluding carboxylic acids is 1. The summed E-state index contributed by atoms with van der Waals surface area (Å²) in [5.41, 5.74) is 0.746. The van der Waals surface area contributed by atoms with E-state index in [0.29, 0.717) is 16.7 Å². The van der Waals surface area contributed by atoms with E-state index < -0.39 is 5.97 Å². The molecule has 0 fully saturated rings. The number of fused-ring (bicyclic) bond motifs is 1. The van der Waals surface area contributed by atoms with Gasteiger partial charge in [-0.05, 0) is 36.4 Å². The summed E-state index contributed by atoms with van der Waals surface area (Å²) < 4.78 is 5.21. The topological polar surface area (TPSA) is 59.4 Å². The molecule has 0 atom stereocenters. The molecule has 0 saturated heterocycles. The van der Waals surface area contributed by atoms with Crippen molar-refractivity contribution in [3.63, 3.8) is 0 Å². The number of para-hydroxylation sites is 1. The Bertz CT molecular complexity index is 769. The number of nitrogens with zero attached hydrogens (tertiary/aromatic N) is 1. The molecule has 0 spiro atoms. The summed E-state index contributed by atoms with van der Waals surface area (Å²) in [4.78, 5) is 16.2. The second-order valence-electron chi connectivity index (χ2n) is 4.23. The number of ether oxygens (including phenoxy) is 1. The van der Waals surface area contributed by atoms with Crippen LogP contribution in [0, 0.1) is 0 Å².